The van der Waals surface area contributed by atoms with Crippen LogP contribution in [-0.2, 0) is 0 Å². The second-order valence-corrected chi connectivity index (χ2v) is 5.58. The smallest absolute Gasteiger partial charge is 0.291 e. The van der Waals surface area contributed by atoms with Gasteiger partial charge in [-0.3, -0.25) is 4.79 Å². The molecule has 23 heavy (non-hydrogen) atoms. The zero-order valence-electron chi connectivity index (χ0n) is 12.7. The Hall–Kier alpha value is -1.99. The zero-order valence-corrected chi connectivity index (χ0v) is 13.5. The topological polar surface area (TPSA) is 85.8 Å². The van der Waals surface area contributed by atoms with Crippen LogP contribution in [0.25, 0.3) is 5.69 Å². The normalized spacial score (nSPS) is 14.9. The number of nitrogens with zero attached hydrogens (tertiary/aromatic N) is 3. The molecule has 6 nitrogen and oxygen atoms in total. The van der Waals surface area contributed by atoms with E-state index in [4.69, 9.17) is 5.73 Å². The predicted octanol–water partition coefficient (Wildman–Crippen LogP) is 1.60. The summed E-state index contributed by atoms with van der Waals surface area (Å²) in [7, 11) is 0. The zero-order chi connectivity index (χ0) is 15.7. The van der Waals surface area contributed by atoms with E-state index in [1.54, 1.807) is 19.1 Å². The largest absolute Gasteiger partial charge is 0.348 e. The molecule has 0 bridgehead atoms. The fourth-order valence-electron chi connectivity index (χ4n) is 2.29. The van der Waals surface area contributed by atoms with E-state index in [2.05, 4.69) is 15.4 Å². The van der Waals surface area contributed by atoms with Gasteiger partial charge in [-0.1, -0.05) is 0 Å². The second-order valence-electron chi connectivity index (χ2n) is 5.58. The fourth-order valence-corrected chi connectivity index (χ4v) is 2.29. The van der Waals surface area contributed by atoms with Gasteiger partial charge < -0.3 is 11.1 Å². The summed E-state index contributed by atoms with van der Waals surface area (Å²) in [5.74, 6) is 0.494. The predicted molar refractivity (Wildman–Crippen MR) is 86.3 cm³/mol. The number of aromatic nitrogens is 3. The Labute approximate surface area is 139 Å². The Balaban J connectivity index is 0.00000192. The summed E-state index contributed by atoms with van der Waals surface area (Å²) in [6.45, 7) is 2.16. The average Bonchev–Trinajstić information content (AvgIpc) is 3.28. The Kier molecular flexibility index (Phi) is 5.33. The van der Waals surface area contributed by atoms with Gasteiger partial charge in [-0.25, -0.2) is 14.1 Å². The molecule has 1 aromatic carbocycles. The molecule has 3 N–H and O–H groups in total. The number of nitrogens with two attached hydrogens (primary N) is 1. The number of carbonyl (C=O) groups excluding carboxylic acids is 1. The average molecular weight is 340 g/mol. The monoisotopic (exact) mass is 339 g/mol. The van der Waals surface area contributed by atoms with Crippen molar-refractivity contribution in [2.45, 2.75) is 25.8 Å². The number of rotatable bonds is 5. The summed E-state index contributed by atoms with van der Waals surface area (Å²) in [4.78, 5) is 16.2. The van der Waals surface area contributed by atoms with E-state index in [0.717, 1.165) is 12.8 Å². The summed E-state index contributed by atoms with van der Waals surface area (Å²) >= 11 is 0. The minimum atomic E-state index is -0.347. The van der Waals surface area contributed by atoms with Gasteiger partial charge in [0.05, 0.1) is 5.69 Å². The van der Waals surface area contributed by atoms with Crippen LogP contribution in [0, 0.1) is 18.7 Å². The number of nitrogens with one attached hydrogen (secondary N) is 1. The van der Waals surface area contributed by atoms with Crippen molar-refractivity contribution in [2.24, 2.45) is 11.7 Å². The van der Waals surface area contributed by atoms with Crippen molar-refractivity contribution in [3.63, 3.8) is 0 Å². The molecular weight excluding hydrogens is 321 g/mol. The molecule has 0 saturated heterocycles. The second kappa shape index (κ2) is 7.06. The molecule has 0 spiro atoms. The number of aryl methyl sites for hydroxylation is 1. The number of carbonyl (C=O) groups is 1. The molecule has 1 atom stereocenters. The van der Waals surface area contributed by atoms with Gasteiger partial charge >= 0.3 is 0 Å². The summed E-state index contributed by atoms with van der Waals surface area (Å²) in [5.41, 5.74) is 6.60. The molecule has 1 heterocycles. The Morgan fingerprint density at radius 3 is 2.70 bits per heavy atom. The van der Waals surface area contributed by atoms with Gasteiger partial charge in [0.2, 0.25) is 5.82 Å². The van der Waals surface area contributed by atoms with E-state index in [1.807, 2.05) is 0 Å². The van der Waals surface area contributed by atoms with Crippen LogP contribution in [0.4, 0.5) is 4.39 Å². The molecule has 0 aliphatic heterocycles. The highest BCUT2D eigenvalue weighted by Crippen LogP contribution is 2.31. The lowest BCUT2D eigenvalue weighted by molar-refractivity contribution is 0.0940. The van der Waals surface area contributed by atoms with Gasteiger partial charge in [-0.15, -0.1) is 17.5 Å². The lowest BCUT2D eigenvalue weighted by Gasteiger charge is -2.09. The van der Waals surface area contributed by atoms with Gasteiger partial charge in [-0.2, -0.15) is 0 Å². The fraction of sp³-hybridized carbons (Fsp3) is 0.400. The number of halogens is 2. The highest BCUT2D eigenvalue weighted by atomic mass is 35.5. The molecule has 0 radical (unpaired) electrons. The molecule has 1 amide bonds. The van der Waals surface area contributed by atoms with Crippen LogP contribution in [0.2, 0.25) is 0 Å². The van der Waals surface area contributed by atoms with Crippen molar-refractivity contribution in [3.05, 3.63) is 41.7 Å². The van der Waals surface area contributed by atoms with Crippen molar-refractivity contribution in [3.8, 4) is 5.69 Å². The number of benzene rings is 1. The quantitative estimate of drug-likeness (QED) is 0.866. The first kappa shape index (κ1) is 17.4. The third kappa shape index (κ3) is 4.05. The Morgan fingerprint density at radius 1 is 1.43 bits per heavy atom. The van der Waals surface area contributed by atoms with Gasteiger partial charge in [0, 0.05) is 12.6 Å². The maximum Gasteiger partial charge on any atom is 0.291 e. The highest BCUT2D eigenvalue weighted by molar-refractivity contribution is 5.90. The van der Waals surface area contributed by atoms with E-state index in [9.17, 15) is 9.18 Å². The Morgan fingerprint density at radius 2 is 2.09 bits per heavy atom. The molecule has 2 aromatic rings. The van der Waals surface area contributed by atoms with Gasteiger partial charge in [0.25, 0.3) is 5.91 Å². The molecule has 1 aliphatic carbocycles. The minimum absolute atomic E-state index is 0. The molecule has 8 heteroatoms. The lowest BCUT2D eigenvalue weighted by atomic mass is 10.2. The number of hydrogen-bond acceptors (Lipinski definition) is 4. The molecule has 1 aromatic heterocycles. The van der Waals surface area contributed by atoms with E-state index in [-0.39, 0.29) is 36.0 Å². The summed E-state index contributed by atoms with van der Waals surface area (Å²) < 4.78 is 14.5. The van der Waals surface area contributed by atoms with E-state index < -0.39 is 0 Å². The van der Waals surface area contributed by atoms with Crippen LogP contribution < -0.4 is 11.1 Å². The van der Waals surface area contributed by atoms with Crippen LogP contribution in [-0.4, -0.2) is 33.3 Å². The van der Waals surface area contributed by atoms with Crippen LogP contribution >= 0.6 is 12.4 Å². The Bertz CT molecular complexity index is 684. The first-order chi connectivity index (χ1) is 10.5. The summed E-state index contributed by atoms with van der Waals surface area (Å²) in [5, 5.41) is 6.94. The summed E-state index contributed by atoms with van der Waals surface area (Å²) in [6, 6.07) is 5.84. The van der Waals surface area contributed by atoms with Gasteiger partial charge in [0.1, 0.15) is 11.6 Å². The van der Waals surface area contributed by atoms with Crippen LogP contribution in [0.3, 0.4) is 0 Å². The van der Waals surface area contributed by atoms with E-state index in [1.165, 1.54) is 16.8 Å². The van der Waals surface area contributed by atoms with Crippen LogP contribution in [0.5, 0.6) is 0 Å². The van der Waals surface area contributed by atoms with Crippen molar-refractivity contribution < 1.29 is 9.18 Å². The third-order valence-electron chi connectivity index (χ3n) is 3.77. The maximum atomic E-state index is 13.0. The van der Waals surface area contributed by atoms with Crippen LogP contribution in [0.1, 0.15) is 29.3 Å². The van der Waals surface area contributed by atoms with Crippen molar-refractivity contribution in [1.29, 1.82) is 0 Å². The van der Waals surface area contributed by atoms with Crippen molar-refractivity contribution in [1.82, 2.24) is 20.1 Å². The molecule has 3 rings (SSSR count). The van der Waals surface area contributed by atoms with Gasteiger partial charge in [0.15, 0.2) is 0 Å². The molecule has 1 unspecified atom stereocenters. The van der Waals surface area contributed by atoms with Crippen molar-refractivity contribution in [2.75, 3.05) is 6.54 Å². The lowest BCUT2D eigenvalue weighted by Crippen LogP contribution is -2.38. The highest BCUT2D eigenvalue weighted by Gasteiger charge is 2.28. The molecule has 1 saturated carbocycles. The SMILES string of the molecule is Cc1nc(C(=O)NCC(N)C2CC2)nn1-c1ccc(F)cc1.Cl. The first-order valence-corrected chi connectivity index (χ1v) is 7.28. The number of amides is 1. The number of hydrogen-bond donors (Lipinski definition) is 2. The third-order valence-corrected chi connectivity index (χ3v) is 3.77. The van der Waals surface area contributed by atoms with E-state index in [0.29, 0.717) is 24.0 Å². The maximum absolute atomic E-state index is 13.0. The molecule has 1 aliphatic rings. The first-order valence-electron chi connectivity index (χ1n) is 7.28. The molecule has 124 valence electrons. The molecule has 1 fully saturated rings. The van der Waals surface area contributed by atoms with E-state index >= 15 is 0 Å². The van der Waals surface area contributed by atoms with Crippen molar-refractivity contribution >= 4 is 18.3 Å². The summed E-state index contributed by atoms with van der Waals surface area (Å²) in [6.07, 6.45) is 2.27. The molecular formula is C15H19ClFN5O. The standard InChI is InChI=1S/C15H18FN5O.ClH/c1-9-19-14(15(22)18-8-13(17)10-2-3-10)20-21(9)12-6-4-11(16)5-7-12;/h4-7,10,13H,2-3,8,17H2,1H3,(H,18,22);1H. The van der Waals surface area contributed by atoms with Gasteiger partial charge in [-0.05, 0) is 49.9 Å². The minimum Gasteiger partial charge on any atom is -0.348 e. The van der Waals surface area contributed by atoms with Crippen LogP contribution in [0.15, 0.2) is 24.3 Å².